The van der Waals surface area contributed by atoms with Crippen LogP contribution in [0.4, 0.5) is 0 Å². The molecule has 0 saturated heterocycles. The van der Waals surface area contributed by atoms with Gasteiger partial charge in [-0.25, -0.2) is 4.98 Å². The van der Waals surface area contributed by atoms with Crippen molar-refractivity contribution < 1.29 is 0 Å². The van der Waals surface area contributed by atoms with Crippen molar-refractivity contribution in [3.8, 4) is 0 Å². The van der Waals surface area contributed by atoms with Gasteiger partial charge in [0.05, 0.1) is 10.7 Å². The zero-order valence-electron chi connectivity index (χ0n) is 12.7. The van der Waals surface area contributed by atoms with E-state index >= 15 is 0 Å². The zero-order chi connectivity index (χ0) is 15.0. The summed E-state index contributed by atoms with van der Waals surface area (Å²) in [6.45, 7) is 4.68. The summed E-state index contributed by atoms with van der Waals surface area (Å²) in [4.78, 5) is 6.38. The van der Waals surface area contributed by atoms with Crippen LogP contribution in [0.15, 0.2) is 28.7 Å². The fourth-order valence-corrected chi connectivity index (χ4v) is 4.79. The summed E-state index contributed by atoms with van der Waals surface area (Å²) in [7, 11) is 2.06. The van der Waals surface area contributed by atoms with Crippen molar-refractivity contribution in [2.45, 2.75) is 39.2 Å². The van der Waals surface area contributed by atoms with Gasteiger partial charge in [-0.2, -0.15) is 0 Å². The van der Waals surface area contributed by atoms with Crippen LogP contribution in [0.5, 0.6) is 0 Å². The molecular formula is C17H21BrN2S. The van der Waals surface area contributed by atoms with Gasteiger partial charge in [0.25, 0.3) is 0 Å². The Kier molecular flexibility index (Phi) is 4.21. The molecule has 1 heterocycles. The Morgan fingerprint density at radius 2 is 2.24 bits per heavy atom. The van der Waals surface area contributed by atoms with E-state index < -0.39 is 0 Å². The van der Waals surface area contributed by atoms with Crippen molar-refractivity contribution in [2.24, 2.45) is 5.41 Å². The van der Waals surface area contributed by atoms with Gasteiger partial charge in [0, 0.05) is 21.8 Å². The fourth-order valence-electron chi connectivity index (χ4n) is 3.11. The summed E-state index contributed by atoms with van der Waals surface area (Å²) in [6, 6.07) is 8.96. The summed E-state index contributed by atoms with van der Waals surface area (Å²) in [6.07, 6.45) is 3.21. The van der Waals surface area contributed by atoms with Crippen LogP contribution in [0.2, 0.25) is 0 Å². The normalized spacial score (nSPS) is 20.3. The van der Waals surface area contributed by atoms with Crippen molar-refractivity contribution in [1.82, 2.24) is 10.3 Å². The number of thiazole rings is 1. The molecule has 0 spiro atoms. The highest BCUT2D eigenvalue weighted by atomic mass is 79.9. The molecule has 0 radical (unpaired) electrons. The first-order valence-corrected chi connectivity index (χ1v) is 8.98. The smallest absolute Gasteiger partial charge is 0.0975 e. The number of rotatable bonds is 3. The standard InChI is InChI=1S/C17H21BrN2S/c1-17(2)9-13(19-3)16-14(10-17)20-15(21-16)8-11-5-4-6-12(18)7-11/h4-7,13,19H,8-10H2,1-3H3. The number of hydrogen-bond donors (Lipinski definition) is 1. The maximum Gasteiger partial charge on any atom is 0.0975 e. The van der Waals surface area contributed by atoms with Crippen molar-refractivity contribution in [3.63, 3.8) is 0 Å². The molecule has 112 valence electrons. The highest BCUT2D eigenvalue weighted by molar-refractivity contribution is 9.10. The van der Waals surface area contributed by atoms with Gasteiger partial charge >= 0.3 is 0 Å². The molecule has 0 saturated carbocycles. The summed E-state index contributed by atoms with van der Waals surface area (Å²) >= 11 is 5.42. The van der Waals surface area contributed by atoms with Gasteiger partial charge in [-0.3, -0.25) is 0 Å². The van der Waals surface area contributed by atoms with E-state index in [4.69, 9.17) is 4.98 Å². The molecule has 1 aromatic carbocycles. The van der Waals surface area contributed by atoms with Gasteiger partial charge in [0.1, 0.15) is 0 Å². The highest BCUT2D eigenvalue weighted by Gasteiger charge is 2.34. The molecule has 1 aliphatic rings. The van der Waals surface area contributed by atoms with E-state index in [0.29, 0.717) is 11.5 Å². The second-order valence-corrected chi connectivity index (χ2v) is 8.64. The molecule has 4 heteroatoms. The Labute approximate surface area is 139 Å². The lowest BCUT2D eigenvalue weighted by molar-refractivity contribution is 0.265. The number of aromatic nitrogens is 1. The third-order valence-electron chi connectivity index (χ3n) is 4.08. The Morgan fingerprint density at radius 3 is 2.95 bits per heavy atom. The van der Waals surface area contributed by atoms with E-state index in [1.807, 2.05) is 11.3 Å². The molecule has 2 nitrogen and oxygen atoms in total. The molecule has 1 N–H and O–H groups in total. The van der Waals surface area contributed by atoms with Gasteiger partial charge in [-0.15, -0.1) is 11.3 Å². The highest BCUT2D eigenvalue weighted by Crippen LogP contribution is 2.43. The second kappa shape index (κ2) is 5.82. The van der Waals surface area contributed by atoms with Crippen LogP contribution in [-0.2, 0) is 12.8 Å². The van der Waals surface area contributed by atoms with Crippen molar-refractivity contribution >= 4 is 27.3 Å². The minimum absolute atomic E-state index is 0.335. The summed E-state index contributed by atoms with van der Waals surface area (Å²) in [5.41, 5.74) is 2.96. The van der Waals surface area contributed by atoms with E-state index in [1.165, 1.54) is 27.6 Å². The van der Waals surface area contributed by atoms with Crippen LogP contribution >= 0.6 is 27.3 Å². The fraction of sp³-hybridized carbons (Fsp3) is 0.471. The molecule has 21 heavy (non-hydrogen) atoms. The minimum atomic E-state index is 0.335. The second-order valence-electron chi connectivity index (χ2n) is 6.61. The van der Waals surface area contributed by atoms with Crippen LogP contribution < -0.4 is 5.32 Å². The molecule has 0 fully saturated rings. The predicted octanol–water partition coefficient (Wildman–Crippen LogP) is 4.73. The molecule has 2 aromatic rings. The molecule has 0 bridgehead atoms. The largest absolute Gasteiger partial charge is 0.312 e. The van der Waals surface area contributed by atoms with Gasteiger partial charge in [0.2, 0.25) is 0 Å². The summed E-state index contributed by atoms with van der Waals surface area (Å²) < 4.78 is 1.13. The number of benzene rings is 1. The molecule has 1 atom stereocenters. The van der Waals surface area contributed by atoms with Crippen LogP contribution in [0.25, 0.3) is 0 Å². The SMILES string of the molecule is CNC1CC(C)(C)Cc2nc(Cc3cccc(Br)c3)sc21. The molecular weight excluding hydrogens is 344 g/mol. The maximum absolute atomic E-state index is 4.93. The molecule has 0 aliphatic heterocycles. The number of nitrogens with one attached hydrogen (secondary N) is 1. The lowest BCUT2D eigenvalue weighted by atomic mass is 9.76. The lowest BCUT2D eigenvalue weighted by Gasteiger charge is -2.34. The molecule has 1 unspecified atom stereocenters. The first-order valence-electron chi connectivity index (χ1n) is 7.37. The number of halogens is 1. The van der Waals surface area contributed by atoms with Crippen molar-refractivity contribution in [3.05, 3.63) is 49.9 Å². The third kappa shape index (κ3) is 3.38. The topological polar surface area (TPSA) is 24.9 Å². The molecule has 1 aromatic heterocycles. The van der Waals surface area contributed by atoms with Gasteiger partial charge in [-0.1, -0.05) is 41.9 Å². The number of hydrogen-bond acceptors (Lipinski definition) is 3. The summed E-state index contributed by atoms with van der Waals surface area (Å²) in [5.74, 6) is 0. The minimum Gasteiger partial charge on any atom is -0.312 e. The Balaban J connectivity index is 1.88. The van der Waals surface area contributed by atoms with Crippen molar-refractivity contribution in [2.75, 3.05) is 7.05 Å². The van der Waals surface area contributed by atoms with Gasteiger partial charge in [-0.05, 0) is 43.0 Å². The quantitative estimate of drug-likeness (QED) is 0.851. The monoisotopic (exact) mass is 364 g/mol. The van der Waals surface area contributed by atoms with E-state index in [0.717, 1.165) is 17.3 Å². The molecule has 0 amide bonds. The van der Waals surface area contributed by atoms with Gasteiger partial charge < -0.3 is 5.32 Å². The maximum atomic E-state index is 4.93. The zero-order valence-corrected chi connectivity index (χ0v) is 15.1. The Bertz CT molecular complexity index is 648. The van der Waals surface area contributed by atoms with Crippen LogP contribution in [0.1, 0.15) is 47.5 Å². The lowest BCUT2D eigenvalue weighted by Crippen LogP contribution is -2.30. The molecule has 3 rings (SSSR count). The van der Waals surface area contributed by atoms with Crippen LogP contribution in [0.3, 0.4) is 0 Å². The summed E-state index contributed by atoms with van der Waals surface area (Å²) in [5, 5.41) is 4.70. The molecule has 1 aliphatic carbocycles. The first-order chi connectivity index (χ1) is 9.97. The average molecular weight is 365 g/mol. The van der Waals surface area contributed by atoms with E-state index in [2.05, 4.69) is 66.4 Å². The first kappa shape index (κ1) is 15.2. The van der Waals surface area contributed by atoms with Crippen molar-refractivity contribution in [1.29, 1.82) is 0 Å². The Morgan fingerprint density at radius 1 is 1.43 bits per heavy atom. The van der Waals surface area contributed by atoms with Crippen LogP contribution in [0, 0.1) is 5.41 Å². The van der Waals surface area contributed by atoms with Crippen LogP contribution in [-0.4, -0.2) is 12.0 Å². The van der Waals surface area contributed by atoms with E-state index in [9.17, 15) is 0 Å². The van der Waals surface area contributed by atoms with E-state index in [1.54, 1.807) is 0 Å². The third-order valence-corrected chi connectivity index (χ3v) is 5.79. The predicted molar refractivity (Wildman–Crippen MR) is 93.0 cm³/mol. The average Bonchev–Trinajstić information content (AvgIpc) is 2.78. The number of nitrogens with zero attached hydrogens (tertiary/aromatic N) is 1. The van der Waals surface area contributed by atoms with Gasteiger partial charge in [0.15, 0.2) is 0 Å². The van der Waals surface area contributed by atoms with E-state index in [-0.39, 0.29) is 0 Å². The number of fused-ring (bicyclic) bond motifs is 1. The Hall–Kier alpha value is -0.710.